The Morgan fingerprint density at radius 1 is 1.62 bits per heavy atom. The molecule has 1 amide bonds. The molecular weight excluding hydrogens is 226 g/mol. The van der Waals surface area contributed by atoms with Crippen molar-refractivity contribution in [3.05, 3.63) is 29.0 Å². The van der Waals surface area contributed by atoms with Crippen LogP contribution in [0.4, 0.5) is 0 Å². The van der Waals surface area contributed by atoms with Gasteiger partial charge in [0.1, 0.15) is 6.04 Å². The van der Waals surface area contributed by atoms with Gasteiger partial charge in [-0.2, -0.15) is 5.26 Å². The molecule has 1 atom stereocenters. The highest BCUT2D eigenvalue weighted by atomic mass is 35.5. The number of aromatic nitrogens is 1. The number of nitrogens with one attached hydrogen (secondary N) is 1. The lowest BCUT2D eigenvalue weighted by molar-refractivity contribution is 0.0937. The highest BCUT2D eigenvalue weighted by Gasteiger charge is 2.17. The minimum absolute atomic E-state index is 0.0457. The van der Waals surface area contributed by atoms with Crippen LogP contribution in [0.25, 0.3) is 0 Å². The Hall–Kier alpha value is -1.60. The molecule has 0 aliphatic carbocycles. The van der Waals surface area contributed by atoms with Gasteiger partial charge in [-0.3, -0.25) is 9.78 Å². The first-order chi connectivity index (χ1) is 7.56. The number of nitrogens with zero attached hydrogens (tertiary/aromatic N) is 2. The molecule has 0 fully saturated rings. The topological polar surface area (TPSA) is 65.8 Å². The van der Waals surface area contributed by atoms with Crippen molar-refractivity contribution >= 4 is 17.5 Å². The fourth-order valence-corrected chi connectivity index (χ4v) is 1.30. The maximum atomic E-state index is 11.8. The molecule has 16 heavy (non-hydrogen) atoms. The van der Waals surface area contributed by atoms with Crippen molar-refractivity contribution in [1.82, 2.24) is 10.3 Å². The molecule has 1 aromatic rings. The molecule has 0 spiro atoms. The van der Waals surface area contributed by atoms with Crippen LogP contribution >= 0.6 is 11.6 Å². The Labute approximate surface area is 99.2 Å². The Kier molecular flexibility index (Phi) is 4.27. The monoisotopic (exact) mass is 237 g/mol. The van der Waals surface area contributed by atoms with Gasteiger partial charge in [-0.15, -0.1) is 0 Å². The van der Waals surface area contributed by atoms with Crippen LogP contribution in [0.15, 0.2) is 18.5 Å². The van der Waals surface area contributed by atoms with Crippen LogP contribution in [0.2, 0.25) is 5.02 Å². The molecule has 1 aromatic heterocycles. The normalized spacial score (nSPS) is 11.9. The van der Waals surface area contributed by atoms with Gasteiger partial charge >= 0.3 is 0 Å². The summed E-state index contributed by atoms with van der Waals surface area (Å²) in [6.45, 7) is 3.72. The van der Waals surface area contributed by atoms with Gasteiger partial charge in [0.25, 0.3) is 5.91 Å². The zero-order valence-corrected chi connectivity index (χ0v) is 9.82. The van der Waals surface area contributed by atoms with Gasteiger partial charge in [0.2, 0.25) is 0 Å². The van der Waals surface area contributed by atoms with E-state index in [9.17, 15) is 4.79 Å². The zero-order chi connectivity index (χ0) is 12.1. The van der Waals surface area contributed by atoms with Crippen LogP contribution in [0.5, 0.6) is 0 Å². The van der Waals surface area contributed by atoms with Gasteiger partial charge in [0.05, 0.1) is 16.7 Å². The van der Waals surface area contributed by atoms with Gasteiger partial charge in [-0.25, -0.2) is 0 Å². The third-order valence-electron chi connectivity index (χ3n) is 2.10. The van der Waals surface area contributed by atoms with E-state index in [1.165, 1.54) is 18.5 Å². The summed E-state index contributed by atoms with van der Waals surface area (Å²) < 4.78 is 0. The number of carbonyl (C=O) groups excluding carboxylic acids is 1. The predicted molar refractivity (Wildman–Crippen MR) is 61.0 cm³/mol. The summed E-state index contributed by atoms with van der Waals surface area (Å²) in [6, 6.07) is 3.04. The number of hydrogen-bond acceptors (Lipinski definition) is 3. The van der Waals surface area contributed by atoms with E-state index in [-0.39, 0.29) is 17.4 Å². The molecule has 1 unspecified atom stereocenters. The zero-order valence-electron chi connectivity index (χ0n) is 9.07. The van der Waals surface area contributed by atoms with E-state index in [4.69, 9.17) is 16.9 Å². The van der Waals surface area contributed by atoms with Crippen molar-refractivity contribution in [1.29, 1.82) is 5.26 Å². The Morgan fingerprint density at radius 2 is 2.31 bits per heavy atom. The average molecular weight is 238 g/mol. The number of carbonyl (C=O) groups is 1. The van der Waals surface area contributed by atoms with E-state index < -0.39 is 6.04 Å². The van der Waals surface area contributed by atoms with Crippen LogP contribution in [0.1, 0.15) is 24.2 Å². The number of rotatable bonds is 3. The number of amides is 1. The van der Waals surface area contributed by atoms with E-state index in [0.717, 1.165) is 0 Å². The van der Waals surface area contributed by atoms with Crippen molar-refractivity contribution in [3.63, 3.8) is 0 Å². The van der Waals surface area contributed by atoms with Crippen molar-refractivity contribution in [2.75, 3.05) is 0 Å². The van der Waals surface area contributed by atoms with Gasteiger partial charge in [-0.1, -0.05) is 25.4 Å². The lowest BCUT2D eigenvalue weighted by Gasteiger charge is -2.14. The van der Waals surface area contributed by atoms with E-state index in [1.807, 2.05) is 19.9 Å². The molecule has 0 saturated heterocycles. The van der Waals surface area contributed by atoms with Crippen LogP contribution in [0, 0.1) is 17.2 Å². The number of pyridine rings is 1. The summed E-state index contributed by atoms with van der Waals surface area (Å²) in [6.07, 6.45) is 2.88. The lowest BCUT2D eigenvalue weighted by atomic mass is 10.1. The molecule has 0 radical (unpaired) electrons. The van der Waals surface area contributed by atoms with Crippen LogP contribution < -0.4 is 5.32 Å². The molecule has 0 bridgehead atoms. The second kappa shape index (κ2) is 5.47. The number of hydrogen-bond donors (Lipinski definition) is 1. The molecule has 0 aromatic carbocycles. The first kappa shape index (κ1) is 12.5. The van der Waals surface area contributed by atoms with Crippen molar-refractivity contribution in [2.24, 2.45) is 5.92 Å². The largest absolute Gasteiger partial charge is 0.336 e. The predicted octanol–water partition coefficient (Wildman–Crippen LogP) is 2.01. The molecule has 4 nitrogen and oxygen atoms in total. The van der Waals surface area contributed by atoms with Crippen molar-refractivity contribution < 1.29 is 4.79 Å². The standard InChI is InChI=1S/C11H12ClN3O/c1-7(2)10(5-13)15-11(16)8-6-14-4-3-9(8)12/h3-4,6-7,10H,1-2H3,(H,15,16). The highest BCUT2D eigenvalue weighted by Crippen LogP contribution is 2.13. The quantitative estimate of drug-likeness (QED) is 0.875. The fraction of sp³-hybridized carbons (Fsp3) is 0.364. The van der Waals surface area contributed by atoms with Crippen LogP contribution in [0.3, 0.4) is 0 Å². The van der Waals surface area contributed by atoms with Crippen LogP contribution in [-0.2, 0) is 0 Å². The number of nitriles is 1. The summed E-state index contributed by atoms with van der Waals surface area (Å²) >= 11 is 5.84. The Balaban J connectivity index is 2.81. The van der Waals surface area contributed by atoms with Crippen molar-refractivity contribution in [3.8, 4) is 6.07 Å². The fourth-order valence-electron chi connectivity index (χ4n) is 1.11. The summed E-state index contributed by atoms with van der Waals surface area (Å²) in [4.78, 5) is 15.6. The lowest BCUT2D eigenvalue weighted by Crippen LogP contribution is -2.37. The van der Waals surface area contributed by atoms with Gasteiger partial charge in [0, 0.05) is 12.4 Å². The summed E-state index contributed by atoms with van der Waals surface area (Å²) in [5.74, 6) is -0.331. The second-order valence-electron chi connectivity index (χ2n) is 3.68. The van der Waals surface area contributed by atoms with Gasteiger partial charge in [0.15, 0.2) is 0 Å². The first-order valence-electron chi connectivity index (χ1n) is 4.86. The Bertz CT molecular complexity index is 425. The van der Waals surface area contributed by atoms with E-state index in [1.54, 1.807) is 0 Å². The molecule has 0 saturated carbocycles. The third kappa shape index (κ3) is 2.94. The molecule has 1 N–H and O–H groups in total. The molecular formula is C11H12ClN3O. The Morgan fingerprint density at radius 3 is 2.81 bits per heavy atom. The third-order valence-corrected chi connectivity index (χ3v) is 2.43. The SMILES string of the molecule is CC(C)C(C#N)NC(=O)c1cnccc1Cl. The summed E-state index contributed by atoms with van der Waals surface area (Å²) in [5, 5.41) is 11.8. The highest BCUT2D eigenvalue weighted by molar-refractivity contribution is 6.33. The molecule has 0 aliphatic rings. The maximum absolute atomic E-state index is 11.8. The molecule has 1 rings (SSSR count). The summed E-state index contributed by atoms with van der Waals surface area (Å²) in [5.41, 5.74) is 0.282. The molecule has 1 heterocycles. The number of halogens is 1. The average Bonchev–Trinajstić information content (AvgIpc) is 2.25. The summed E-state index contributed by atoms with van der Waals surface area (Å²) in [7, 11) is 0. The van der Waals surface area contributed by atoms with E-state index >= 15 is 0 Å². The first-order valence-corrected chi connectivity index (χ1v) is 5.24. The van der Waals surface area contributed by atoms with E-state index in [2.05, 4.69) is 10.3 Å². The van der Waals surface area contributed by atoms with Crippen molar-refractivity contribution in [2.45, 2.75) is 19.9 Å². The maximum Gasteiger partial charge on any atom is 0.255 e. The van der Waals surface area contributed by atoms with E-state index in [0.29, 0.717) is 5.02 Å². The molecule has 84 valence electrons. The minimum Gasteiger partial charge on any atom is -0.336 e. The van der Waals surface area contributed by atoms with Gasteiger partial charge in [-0.05, 0) is 12.0 Å². The van der Waals surface area contributed by atoms with Gasteiger partial charge < -0.3 is 5.32 Å². The second-order valence-corrected chi connectivity index (χ2v) is 4.09. The smallest absolute Gasteiger partial charge is 0.255 e. The molecule has 5 heteroatoms. The molecule has 0 aliphatic heterocycles. The van der Waals surface area contributed by atoms with Crippen LogP contribution in [-0.4, -0.2) is 16.9 Å². The minimum atomic E-state index is -0.524.